The molecule has 1 aromatic rings. The fourth-order valence-corrected chi connectivity index (χ4v) is 3.82. The topological polar surface area (TPSA) is 68.3 Å². The number of nitrogens with zero attached hydrogens (tertiary/aromatic N) is 1. The van der Waals surface area contributed by atoms with Crippen molar-refractivity contribution in [3.8, 4) is 5.75 Å². The van der Waals surface area contributed by atoms with E-state index in [1.54, 1.807) is 7.11 Å². The highest BCUT2D eigenvalue weighted by Crippen LogP contribution is 2.15. The molecule has 1 fully saturated rings. The minimum absolute atomic E-state index is 0.0447. The number of aryl methyl sites for hydroxylation is 1. The molecule has 18 heavy (non-hydrogen) atoms. The first-order chi connectivity index (χ1) is 8.48. The van der Waals surface area contributed by atoms with E-state index < -0.39 is 9.84 Å². The number of ether oxygens (including phenoxy) is 1. The second kappa shape index (κ2) is 5.24. The van der Waals surface area contributed by atoms with Crippen molar-refractivity contribution in [1.29, 1.82) is 0 Å². The van der Waals surface area contributed by atoms with E-state index in [0.29, 0.717) is 13.0 Å². The Morgan fingerprint density at radius 2 is 2.28 bits per heavy atom. The van der Waals surface area contributed by atoms with Crippen molar-refractivity contribution in [2.24, 2.45) is 0 Å². The maximum atomic E-state index is 11.3. The van der Waals surface area contributed by atoms with Gasteiger partial charge < -0.3 is 10.1 Å². The smallest absolute Gasteiger partial charge is 0.151 e. The Balaban J connectivity index is 1.96. The van der Waals surface area contributed by atoms with Gasteiger partial charge in [0.2, 0.25) is 0 Å². The van der Waals surface area contributed by atoms with Gasteiger partial charge in [-0.2, -0.15) is 0 Å². The molecule has 1 aliphatic rings. The van der Waals surface area contributed by atoms with E-state index in [1.165, 1.54) is 0 Å². The van der Waals surface area contributed by atoms with Crippen LogP contribution in [-0.4, -0.2) is 38.1 Å². The van der Waals surface area contributed by atoms with Crippen LogP contribution in [0.3, 0.4) is 0 Å². The molecule has 0 radical (unpaired) electrons. The number of nitrogens with one attached hydrogen (secondary N) is 1. The number of methoxy groups -OCH3 is 1. The lowest BCUT2D eigenvalue weighted by molar-refractivity contribution is 0.412. The molecule has 0 aromatic carbocycles. The van der Waals surface area contributed by atoms with E-state index in [-0.39, 0.29) is 17.5 Å². The van der Waals surface area contributed by atoms with Crippen LogP contribution < -0.4 is 10.1 Å². The molecule has 1 atom stereocenters. The summed E-state index contributed by atoms with van der Waals surface area (Å²) in [7, 11) is -1.21. The van der Waals surface area contributed by atoms with E-state index in [4.69, 9.17) is 4.74 Å². The third kappa shape index (κ3) is 3.43. The quantitative estimate of drug-likeness (QED) is 0.871. The van der Waals surface area contributed by atoms with Gasteiger partial charge in [-0.15, -0.1) is 0 Å². The number of rotatable bonds is 4. The number of pyridine rings is 1. The molecule has 1 aromatic heterocycles. The Hall–Kier alpha value is -1.14. The largest absolute Gasteiger partial charge is 0.497 e. The number of aromatic nitrogens is 1. The zero-order valence-corrected chi connectivity index (χ0v) is 11.5. The Morgan fingerprint density at radius 3 is 2.89 bits per heavy atom. The van der Waals surface area contributed by atoms with E-state index in [0.717, 1.165) is 17.1 Å². The molecule has 2 heterocycles. The fourth-order valence-electron chi connectivity index (χ4n) is 2.12. The van der Waals surface area contributed by atoms with Gasteiger partial charge in [-0.3, -0.25) is 4.98 Å². The van der Waals surface area contributed by atoms with Gasteiger partial charge in [-0.05, 0) is 13.3 Å². The summed E-state index contributed by atoms with van der Waals surface area (Å²) in [5.74, 6) is 1.30. The van der Waals surface area contributed by atoms with Crippen molar-refractivity contribution in [2.75, 3.05) is 18.6 Å². The number of sulfone groups is 1. The summed E-state index contributed by atoms with van der Waals surface area (Å²) >= 11 is 0. The van der Waals surface area contributed by atoms with Crippen molar-refractivity contribution in [1.82, 2.24) is 10.3 Å². The second-order valence-corrected chi connectivity index (χ2v) is 6.85. The van der Waals surface area contributed by atoms with Crippen molar-refractivity contribution >= 4 is 9.84 Å². The van der Waals surface area contributed by atoms with Gasteiger partial charge in [0.15, 0.2) is 9.84 Å². The van der Waals surface area contributed by atoms with Crippen LogP contribution in [0.5, 0.6) is 5.75 Å². The Kier molecular flexibility index (Phi) is 3.87. The van der Waals surface area contributed by atoms with Gasteiger partial charge in [0.25, 0.3) is 0 Å². The molecule has 0 saturated carbocycles. The molecule has 0 amide bonds. The Labute approximate surface area is 107 Å². The van der Waals surface area contributed by atoms with E-state index >= 15 is 0 Å². The molecule has 0 spiro atoms. The first-order valence-electron chi connectivity index (χ1n) is 5.94. The lowest BCUT2D eigenvalue weighted by Gasteiger charge is -2.11. The third-order valence-corrected chi connectivity index (χ3v) is 4.79. The highest BCUT2D eigenvalue weighted by atomic mass is 32.2. The van der Waals surface area contributed by atoms with Crippen LogP contribution in [0, 0.1) is 6.92 Å². The van der Waals surface area contributed by atoms with Gasteiger partial charge >= 0.3 is 0 Å². The minimum atomic E-state index is -2.83. The van der Waals surface area contributed by atoms with Crippen LogP contribution in [0.4, 0.5) is 0 Å². The van der Waals surface area contributed by atoms with E-state index in [9.17, 15) is 8.42 Å². The van der Waals surface area contributed by atoms with E-state index in [2.05, 4.69) is 10.3 Å². The Morgan fingerprint density at radius 1 is 1.50 bits per heavy atom. The Bertz CT molecular complexity index is 528. The lowest BCUT2D eigenvalue weighted by Crippen LogP contribution is -2.29. The molecular weight excluding hydrogens is 252 g/mol. The minimum Gasteiger partial charge on any atom is -0.497 e. The van der Waals surface area contributed by atoms with Crippen LogP contribution >= 0.6 is 0 Å². The molecule has 1 aliphatic heterocycles. The molecular formula is C12H18N2O3S. The van der Waals surface area contributed by atoms with Gasteiger partial charge in [-0.1, -0.05) is 0 Å². The summed E-state index contributed by atoms with van der Waals surface area (Å²) < 4.78 is 27.8. The zero-order chi connectivity index (χ0) is 13.2. The standard InChI is InChI=1S/C12H18N2O3S/c1-9-5-12(17-2)6-11(14-9)7-13-10-3-4-18(15,16)8-10/h5-6,10,13H,3-4,7-8H2,1-2H3. The molecule has 1 unspecified atom stereocenters. The van der Waals surface area contributed by atoms with Crippen LogP contribution in [0.25, 0.3) is 0 Å². The molecule has 1 N–H and O–H groups in total. The third-order valence-electron chi connectivity index (χ3n) is 3.02. The van der Waals surface area contributed by atoms with Crippen molar-refractivity contribution in [3.05, 3.63) is 23.5 Å². The zero-order valence-electron chi connectivity index (χ0n) is 10.6. The number of hydrogen-bond donors (Lipinski definition) is 1. The summed E-state index contributed by atoms with van der Waals surface area (Å²) in [6, 6.07) is 3.77. The summed E-state index contributed by atoms with van der Waals surface area (Å²) in [5.41, 5.74) is 1.77. The highest BCUT2D eigenvalue weighted by Gasteiger charge is 2.27. The molecule has 0 bridgehead atoms. The SMILES string of the molecule is COc1cc(C)nc(CNC2CCS(=O)(=O)C2)c1. The number of hydrogen-bond acceptors (Lipinski definition) is 5. The average molecular weight is 270 g/mol. The van der Waals surface area contributed by atoms with Gasteiger partial charge in [0, 0.05) is 30.4 Å². The molecule has 6 heteroatoms. The highest BCUT2D eigenvalue weighted by molar-refractivity contribution is 7.91. The van der Waals surface area contributed by atoms with Crippen LogP contribution in [0.2, 0.25) is 0 Å². The molecule has 5 nitrogen and oxygen atoms in total. The normalized spacial score (nSPS) is 22.0. The first kappa shape index (κ1) is 13.3. The maximum absolute atomic E-state index is 11.3. The summed E-state index contributed by atoms with van der Waals surface area (Å²) in [4.78, 5) is 4.39. The maximum Gasteiger partial charge on any atom is 0.151 e. The van der Waals surface area contributed by atoms with Crippen molar-refractivity contribution < 1.29 is 13.2 Å². The summed E-state index contributed by atoms with van der Waals surface area (Å²) in [6.07, 6.45) is 0.686. The van der Waals surface area contributed by atoms with E-state index in [1.807, 2.05) is 19.1 Å². The monoisotopic (exact) mass is 270 g/mol. The van der Waals surface area contributed by atoms with Crippen LogP contribution in [0.1, 0.15) is 17.8 Å². The molecule has 100 valence electrons. The molecule has 2 rings (SSSR count). The molecule has 1 saturated heterocycles. The average Bonchev–Trinajstić information content (AvgIpc) is 2.65. The fraction of sp³-hybridized carbons (Fsp3) is 0.583. The second-order valence-electron chi connectivity index (χ2n) is 4.62. The van der Waals surface area contributed by atoms with Crippen LogP contribution in [0.15, 0.2) is 12.1 Å². The van der Waals surface area contributed by atoms with Crippen molar-refractivity contribution in [3.63, 3.8) is 0 Å². The van der Waals surface area contributed by atoms with Crippen LogP contribution in [-0.2, 0) is 16.4 Å². The van der Waals surface area contributed by atoms with Gasteiger partial charge in [0.05, 0.1) is 24.3 Å². The van der Waals surface area contributed by atoms with Gasteiger partial charge in [-0.25, -0.2) is 8.42 Å². The van der Waals surface area contributed by atoms with Gasteiger partial charge in [0.1, 0.15) is 5.75 Å². The molecule has 0 aliphatic carbocycles. The lowest BCUT2D eigenvalue weighted by atomic mass is 10.2. The predicted octanol–water partition coefficient (Wildman–Crippen LogP) is 0.675. The first-order valence-corrected chi connectivity index (χ1v) is 7.76. The van der Waals surface area contributed by atoms with Crippen molar-refractivity contribution in [2.45, 2.75) is 25.9 Å². The predicted molar refractivity (Wildman–Crippen MR) is 69.4 cm³/mol. The summed E-state index contributed by atoms with van der Waals surface area (Å²) in [6.45, 7) is 2.48. The summed E-state index contributed by atoms with van der Waals surface area (Å²) in [5, 5.41) is 3.23.